The molecule has 0 bridgehead atoms. The first kappa shape index (κ1) is 24.1. The number of para-hydroxylation sites is 1. The third-order valence-electron chi connectivity index (χ3n) is 6.81. The minimum atomic E-state index is -4.41. The lowest BCUT2D eigenvalue weighted by Crippen LogP contribution is -2.48. The third-order valence-corrected chi connectivity index (χ3v) is 6.81. The molecule has 2 aliphatic heterocycles. The van der Waals surface area contributed by atoms with Gasteiger partial charge < -0.3 is 9.80 Å². The largest absolute Gasteiger partial charge is 0.416 e. The number of pyridine rings is 1. The maximum Gasteiger partial charge on any atom is 0.416 e. The first-order chi connectivity index (χ1) is 17.3. The standard InChI is InChI=1S/C28H27F3N4O/c1-20-17-22(8-9-25(20)35-12-4-6-21-5-2-3-7-26(21)35)27(36)34-15-13-33(14-16-34)19-23-18-32-11-10-24(23)28(29,30)31/h2-11,17-18H,12-16,19H2,1H3. The predicted octanol–water partition coefficient (Wildman–Crippen LogP) is 5.53. The zero-order chi connectivity index (χ0) is 25.3. The number of anilines is 2. The number of nitrogens with zero attached hydrogens (tertiary/aromatic N) is 4. The van der Waals surface area contributed by atoms with Crippen LogP contribution in [0.5, 0.6) is 0 Å². The molecule has 1 amide bonds. The van der Waals surface area contributed by atoms with Crippen LogP contribution in [0.25, 0.3) is 6.08 Å². The maximum absolute atomic E-state index is 13.3. The highest BCUT2D eigenvalue weighted by atomic mass is 19.4. The molecule has 5 nitrogen and oxygen atoms in total. The number of carbonyl (C=O) groups excluding carboxylic acids is 1. The van der Waals surface area contributed by atoms with E-state index < -0.39 is 11.7 Å². The molecule has 0 saturated carbocycles. The van der Waals surface area contributed by atoms with Crippen LogP contribution in [-0.2, 0) is 12.7 Å². The normalized spacial score (nSPS) is 16.2. The van der Waals surface area contributed by atoms with E-state index in [-0.39, 0.29) is 18.0 Å². The van der Waals surface area contributed by atoms with Gasteiger partial charge in [-0.15, -0.1) is 0 Å². The van der Waals surface area contributed by atoms with Crippen molar-refractivity contribution in [2.24, 2.45) is 0 Å². The summed E-state index contributed by atoms with van der Waals surface area (Å²) >= 11 is 0. The van der Waals surface area contributed by atoms with Crippen molar-refractivity contribution in [3.63, 3.8) is 0 Å². The lowest BCUT2D eigenvalue weighted by Gasteiger charge is -2.35. The SMILES string of the molecule is Cc1cc(C(=O)N2CCN(Cc3cnccc3C(F)(F)F)CC2)ccc1N1CC=Cc2ccccc21. The van der Waals surface area contributed by atoms with Gasteiger partial charge in [0.1, 0.15) is 0 Å². The summed E-state index contributed by atoms with van der Waals surface area (Å²) in [6.45, 7) is 4.87. The van der Waals surface area contributed by atoms with Crippen molar-refractivity contribution in [1.29, 1.82) is 0 Å². The van der Waals surface area contributed by atoms with E-state index in [1.165, 1.54) is 6.20 Å². The summed E-state index contributed by atoms with van der Waals surface area (Å²) in [6.07, 6.45) is 2.28. The Morgan fingerprint density at radius 3 is 2.53 bits per heavy atom. The molecular formula is C28H27F3N4O. The number of hydrogen-bond acceptors (Lipinski definition) is 4. The van der Waals surface area contributed by atoms with Crippen LogP contribution >= 0.6 is 0 Å². The van der Waals surface area contributed by atoms with Gasteiger partial charge in [0.15, 0.2) is 0 Å². The van der Waals surface area contributed by atoms with Gasteiger partial charge in [-0.3, -0.25) is 14.7 Å². The highest BCUT2D eigenvalue weighted by molar-refractivity contribution is 5.95. The molecule has 1 saturated heterocycles. The fraction of sp³-hybridized carbons (Fsp3) is 0.286. The Morgan fingerprint density at radius 2 is 1.78 bits per heavy atom. The van der Waals surface area contributed by atoms with E-state index in [9.17, 15) is 18.0 Å². The molecule has 36 heavy (non-hydrogen) atoms. The smallest absolute Gasteiger partial charge is 0.337 e. The lowest BCUT2D eigenvalue weighted by molar-refractivity contribution is -0.138. The molecule has 0 radical (unpaired) electrons. The number of benzene rings is 2. The fourth-order valence-electron chi connectivity index (χ4n) is 4.94. The summed E-state index contributed by atoms with van der Waals surface area (Å²) in [5, 5.41) is 0. The average molecular weight is 493 g/mol. The molecule has 0 aliphatic carbocycles. The number of rotatable bonds is 4. The number of alkyl halides is 3. The van der Waals surface area contributed by atoms with E-state index in [0.29, 0.717) is 31.7 Å². The molecule has 0 spiro atoms. The molecule has 3 aromatic rings. The highest BCUT2D eigenvalue weighted by Gasteiger charge is 2.34. The maximum atomic E-state index is 13.3. The third kappa shape index (κ3) is 4.86. The van der Waals surface area contributed by atoms with Gasteiger partial charge in [0.25, 0.3) is 5.91 Å². The van der Waals surface area contributed by atoms with Crippen LogP contribution in [0.4, 0.5) is 24.5 Å². The van der Waals surface area contributed by atoms with E-state index in [1.54, 1.807) is 4.90 Å². The number of carbonyl (C=O) groups is 1. The van der Waals surface area contributed by atoms with E-state index >= 15 is 0 Å². The fourth-order valence-corrected chi connectivity index (χ4v) is 4.94. The number of amides is 1. The zero-order valence-electron chi connectivity index (χ0n) is 20.0. The van der Waals surface area contributed by atoms with Gasteiger partial charge in [-0.25, -0.2) is 0 Å². The minimum Gasteiger partial charge on any atom is -0.337 e. The van der Waals surface area contributed by atoms with E-state index in [1.807, 2.05) is 42.2 Å². The number of piperazine rings is 1. The van der Waals surface area contributed by atoms with Crippen LogP contribution in [0.1, 0.15) is 32.6 Å². The Labute approximate surface area is 208 Å². The van der Waals surface area contributed by atoms with Crippen molar-refractivity contribution in [2.75, 3.05) is 37.6 Å². The van der Waals surface area contributed by atoms with Gasteiger partial charge >= 0.3 is 6.18 Å². The molecule has 1 fully saturated rings. The van der Waals surface area contributed by atoms with Crippen LogP contribution < -0.4 is 4.90 Å². The number of fused-ring (bicyclic) bond motifs is 1. The van der Waals surface area contributed by atoms with Crippen molar-refractivity contribution >= 4 is 23.4 Å². The van der Waals surface area contributed by atoms with Crippen molar-refractivity contribution in [3.05, 3.63) is 94.8 Å². The molecule has 2 aromatic carbocycles. The molecule has 3 heterocycles. The summed E-state index contributed by atoms with van der Waals surface area (Å²) in [5.41, 5.74) is 4.50. The molecule has 5 rings (SSSR count). The van der Waals surface area contributed by atoms with Gasteiger partial charge in [-0.05, 0) is 53.9 Å². The van der Waals surface area contributed by atoms with Crippen LogP contribution in [0.15, 0.2) is 67.0 Å². The second-order valence-corrected chi connectivity index (χ2v) is 9.17. The molecule has 1 aromatic heterocycles. The van der Waals surface area contributed by atoms with Gasteiger partial charge in [-0.1, -0.05) is 30.4 Å². The first-order valence-electron chi connectivity index (χ1n) is 12.0. The second-order valence-electron chi connectivity index (χ2n) is 9.17. The van der Waals surface area contributed by atoms with Crippen LogP contribution in [0.2, 0.25) is 0 Å². The van der Waals surface area contributed by atoms with Gasteiger partial charge in [0.05, 0.1) is 5.56 Å². The topological polar surface area (TPSA) is 39.7 Å². The summed E-state index contributed by atoms with van der Waals surface area (Å²) in [4.78, 5) is 23.0. The Hall–Kier alpha value is -3.65. The summed E-state index contributed by atoms with van der Waals surface area (Å²) in [7, 11) is 0. The number of hydrogen-bond donors (Lipinski definition) is 0. The molecule has 8 heteroatoms. The Bertz CT molecular complexity index is 1300. The zero-order valence-corrected chi connectivity index (χ0v) is 20.0. The predicted molar refractivity (Wildman–Crippen MR) is 134 cm³/mol. The highest BCUT2D eigenvalue weighted by Crippen LogP contribution is 2.35. The van der Waals surface area contributed by atoms with Gasteiger partial charge in [0, 0.05) is 68.6 Å². The second kappa shape index (κ2) is 9.78. The molecule has 186 valence electrons. The molecule has 2 aliphatic rings. The van der Waals surface area contributed by atoms with E-state index in [4.69, 9.17) is 0 Å². The quantitative estimate of drug-likeness (QED) is 0.480. The molecule has 0 unspecified atom stereocenters. The Morgan fingerprint density at radius 1 is 1.00 bits per heavy atom. The van der Waals surface area contributed by atoms with Crippen molar-refractivity contribution in [3.8, 4) is 0 Å². The van der Waals surface area contributed by atoms with Crippen LogP contribution in [-0.4, -0.2) is 53.4 Å². The molecule has 0 atom stereocenters. The summed E-state index contributed by atoms with van der Waals surface area (Å²) < 4.78 is 39.9. The van der Waals surface area contributed by atoms with Crippen molar-refractivity contribution in [1.82, 2.24) is 14.8 Å². The molecule has 0 N–H and O–H groups in total. The Kier molecular flexibility index (Phi) is 6.53. The van der Waals surface area contributed by atoms with E-state index in [0.717, 1.165) is 41.3 Å². The lowest BCUT2D eigenvalue weighted by atomic mass is 10.0. The van der Waals surface area contributed by atoms with Gasteiger partial charge in [-0.2, -0.15) is 13.2 Å². The van der Waals surface area contributed by atoms with Crippen LogP contribution in [0, 0.1) is 6.92 Å². The summed E-state index contributed by atoms with van der Waals surface area (Å²) in [5.74, 6) is -0.0550. The Balaban J connectivity index is 1.24. The van der Waals surface area contributed by atoms with Gasteiger partial charge in [0.2, 0.25) is 0 Å². The number of aryl methyl sites for hydroxylation is 1. The van der Waals surface area contributed by atoms with Crippen molar-refractivity contribution in [2.45, 2.75) is 19.6 Å². The van der Waals surface area contributed by atoms with E-state index in [2.05, 4.69) is 34.2 Å². The average Bonchev–Trinajstić information content (AvgIpc) is 2.88. The first-order valence-corrected chi connectivity index (χ1v) is 12.0. The number of aromatic nitrogens is 1. The summed E-state index contributed by atoms with van der Waals surface area (Å²) in [6, 6.07) is 15.0. The molecular weight excluding hydrogens is 465 g/mol. The van der Waals surface area contributed by atoms with Crippen LogP contribution in [0.3, 0.4) is 0 Å². The monoisotopic (exact) mass is 492 g/mol. The number of halogens is 3. The minimum absolute atomic E-state index is 0.0550. The van der Waals surface area contributed by atoms with Crippen molar-refractivity contribution < 1.29 is 18.0 Å².